The Labute approximate surface area is 122 Å². The van der Waals surface area contributed by atoms with Crippen molar-refractivity contribution < 1.29 is 4.79 Å². The molecule has 3 heteroatoms. The Kier molecular flexibility index (Phi) is 4.81. The molecule has 0 saturated heterocycles. The summed E-state index contributed by atoms with van der Waals surface area (Å²) < 4.78 is 0. The molecule has 1 aromatic carbocycles. The number of aryl methyl sites for hydroxylation is 1. The van der Waals surface area contributed by atoms with Gasteiger partial charge in [0.05, 0.1) is 0 Å². The molecule has 0 bridgehead atoms. The molecule has 2 atom stereocenters. The summed E-state index contributed by atoms with van der Waals surface area (Å²) in [5.41, 5.74) is 3.25. The molecule has 0 aromatic heterocycles. The Hall–Kier alpha value is -1.35. The van der Waals surface area contributed by atoms with Gasteiger partial charge in [0.25, 0.3) is 5.91 Å². The van der Waals surface area contributed by atoms with Gasteiger partial charge in [0.1, 0.15) is 0 Å². The number of fused-ring (bicyclic) bond motifs is 1. The van der Waals surface area contributed by atoms with Crippen LogP contribution in [0.3, 0.4) is 0 Å². The fraction of sp³-hybridized carbons (Fsp3) is 0.588. The summed E-state index contributed by atoms with van der Waals surface area (Å²) in [6.45, 7) is 7.52. The fourth-order valence-electron chi connectivity index (χ4n) is 2.91. The summed E-state index contributed by atoms with van der Waals surface area (Å²) >= 11 is 0. The van der Waals surface area contributed by atoms with Crippen LogP contribution in [-0.4, -0.2) is 19.5 Å². The first-order chi connectivity index (χ1) is 9.54. The van der Waals surface area contributed by atoms with E-state index in [2.05, 4.69) is 49.6 Å². The lowest BCUT2D eigenvalue weighted by Crippen LogP contribution is -2.27. The average Bonchev–Trinajstić information content (AvgIpc) is 2.62. The van der Waals surface area contributed by atoms with Crippen LogP contribution in [0.4, 0.5) is 0 Å². The molecule has 1 aliphatic rings. The summed E-state index contributed by atoms with van der Waals surface area (Å²) in [7, 11) is 2.00. The van der Waals surface area contributed by atoms with Crippen molar-refractivity contribution in [2.75, 3.05) is 13.6 Å². The lowest BCUT2D eigenvalue weighted by molar-refractivity contribution is 0.0956. The smallest absolute Gasteiger partial charge is 0.251 e. The first-order valence-corrected chi connectivity index (χ1v) is 7.63. The van der Waals surface area contributed by atoms with Gasteiger partial charge in [0, 0.05) is 18.2 Å². The molecule has 0 radical (unpaired) electrons. The van der Waals surface area contributed by atoms with Crippen molar-refractivity contribution in [3.05, 3.63) is 34.9 Å². The zero-order valence-electron chi connectivity index (χ0n) is 13.0. The molecule has 1 heterocycles. The Bertz CT molecular complexity index is 482. The van der Waals surface area contributed by atoms with Gasteiger partial charge in [0.2, 0.25) is 0 Å². The van der Waals surface area contributed by atoms with Crippen LogP contribution in [0.25, 0.3) is 0 Å². The minimum Gasteiger partial charge on any atom is -0.352 e. The third-order valence-corrected chi connectivity index (χ3v) is 4.53. The second-order valence-corrected chi connectivity index (χ2v) is 6.15. The van der Waals surface area contributed by atoms with Crippen molar-refractivity contribution in [3.8, 4) is 0 Å². The van der Waals surface area contributed by atoms with Crippen molar-refractivity contribution in [3.63, 3.8) is 0 Å². The van der Waals surface area contributed by atoms with Gasteiger partial charge in [-0.15, -0.1) is 0 Å². The second-order valence-electron chi connectivity index (χ2n) is 6.15. The maximum absolute atomic E-state index is 12.1. The number of amides is 1. The highest BCUT2D eigenvalue weighted by molar-refractivity contribution is 5.96. The molecule has 110 valence electrons. The highest BCUT2D eigenvalue weighted by Crippen LogP contribution is 2.29. The number of hydrogen-bond donors (Lipinski definition) is 2. The normalized spacial score (nSPS) is 18.1. The van der Waals surface area contributed by atoms with Gasteiger partial charge >= 0.3 is 0 Å². The van der Waals surface area contributed by atoms with E-state index in [4.69, 9.17) is 0 Å². The molecule has 2 unspecified atom stereocenters. The lowest BCUT2D eigenvalue weighted by atomic mass is 9.85. The van der Waals surface area contributed by atoms with Crippen LogP contribution in [0.5, 0.6) is 0 Å². The van der Waals surface area contributed by atoms with Crippen molar-refractivity contribution in [2.45, 2.75) is 39.7 Å². The number of nitrogens with one attached hydrogen (secondary N) is 2. The van der Waals surface area contributed by atoms with Crippen LogP contribution in [0, 0.1) is 11.8 Å². The number of benzene rings is 1. The Morgan fingerprint density at radius 1 is 1.25 bits per heavy atom. The number of rotatable bonds is 4. The third kappa shape index (κ3) is 3.04. The molecule has 0 aliphatic carbocycles. The number of carbonyl (C=O) groups is 1. The van der Waals surface area contributed by atoms with Gasteiger partial charge in [0.15, 0.2) is 0 Å². The maximum atomic E-state index is 12.1. The van der Waals surface area contributed by atoms with E-state index in [0.717, 1.165) is 24.9 Å². The van der Waals surface area contributed by atoms with Crippen LogP contribution in [0.2, 0.25) is 0 Å². The molecule has 0 spiro atoms. The first-order valence-electron chi connectivity index (χ1n) is 7.63. The molecular weight excluding hydrogens is 248 g/mol. The van der Waals surface area contributed by atoms with Gasteiger partial charge < -0.3 is 10.6 Å². The van der Waals surface area contributed by atoms with Crippen LogP contribution in [0.1, 0.15) is 54.7 Å². The van der Waals surface area contributed by atoms with Crippen molar-refractivity contribution in [1.29, 1.82) is 0 Å². The summed E-state index contributed by atoms with van der Waals surface area (Å²) in [6.07, 6.45) is 2.01. The number of carbonyl (C=O) groups excluding carboxylic acids is 1. The van der Waals surface area contributed by atoms with E-state index >= 15 is 0 Å². The predicted molar refractivity (Wildman–Crippen MR) is 82.9 cm³/mol. The molecule has 2 N–H and O–H groups in total. The van der Waals surface area contributed by atoms with Crippen molar-refractivity contribution in [2.24, 2.45) is 11.8 Å². The first kappa shape index (κ1) is 15.0. The molecule has 20 heavy (non-hydrogen) atoms. The molecule has 3 nitrogen and oxygen atoms in total. The zero-order chi connectivity index (χ0) is 14.7. The van der Waals surface area contributed by atoms with Gasteiger partial charge in [-0.2, -0.15) is 0 Å². The Morgan fingerprint density at radius 3 is 2.65 bits per heavy atom. The van der Waals surface area contributed by atoms with E-state index in [9.17, 15) is 4.79 Å². The monoisotopic (exact) mass is 274 g/mol. The molecule has 0 fully saturated rings. The SMILES string of the molecule is CNC(c1ccc2c(c1)C(=O)NCCC2)C(C)C(C)C. The fourth-order valence-corrected chi connectivity index (χ4v) is 2.91. The summed E-state index contributed by atoms with van der Waals surface area (Å²) in [6, 6.07) is 6.68. The van der Waals surface area contributed by atoms with Gasteiger partial charge in [-0.3, -0.25) is 4.79 Å². The standard InChI is InChI=1S/C17H26N2O/c1-11(2)12(3)16(18-4)14-8-7-13-6-5-9-19-17(20)15(13)10-14/h7-8,10-12,16,18H,5-6,9H2,1-4H3,(H,19,20). The van der Waals surface area contributed by atoms with Gasteiger partial charge in [-0.25, -0.2) is 0 Å². The molecule has 1 aromatic rings. The topological polar surface area (TPSA) is 41.1 Å². The summed E-state index contributed by atoms with van der Waals surface area (Å²) in [5.74, 6) is 1.19. The molecule has 2 rings (SSSR count). The quantitative estimate of drug-likeness (QED) is 0.886. The van der Waals surface area contributed by atoms with E-state index < -0.39 is 0 Å². The number of hydrogen-bond acceptors (Lipinski definition) is 2. The summed E-state index contributed by atoms with van der Waals surface area (Å²) in [4.78, 5) is 12.1. The second kappa shape index (κ2) is 6.40. The lowest BCUT2D eigenvalue weighted by Gasteiger charge is -2.27. The molecule has 0 saturated carbocycles. The minimum absolute atomic E-state index is 0.0754. The van der Waals surface area contributed by atoms with Crippen LogP contribution in [0.15, 0.2) is 18.2 Å². The van der Waals surface area contributed by atoms with E-state index in [1.54, 1.807) is 0 Å². The van der Waals surface area contributed by atoms with Gasteiger partial charge in [-0.1, -0.05) is 32.9 Å². The minimum atomic E-state index is 0.0754. The highest BCUT2D eigenvalue weighted by atomic mass is 16.1. The van der Waals surface area contributed by atoms with E-state index in [1.807, 2.05) is 7.05 Å². The van der Waals surface area contributed by atoms with Crippen LogP contribution in [-0.2, 0) is 6.42 Å². The highest BCUT2D eigenvalue weighted by Gasteiger charge is 2.23. The molecular formula is C17H26N2O. The van der Waals surface area contributed by atoms with Gasteiger partial charge in [-0.05, 0) is 48.9 Å². The van der Waals surface area contributed by atoms with E-state index in [-0.39, 0.29) is 11.9 Å². The van der Waals surface area contributed by atoms with E-state index in [0.29, 0.717) is 11.8 Å². The Balaban J connectivity index is 2.36. The van der Waals surface area contributed by atoms with Crippen LogP contribution >= 0.6 is 0 Å². The zero-order valence-corrected chi connectivity index (χ0v) is 13.0. The van der Waals surface area contributed by atoms with E-state index in [1.165, 1.54) is 11.1 Å². The molecule has 1 amide bonds. The van der Waals surface area contributed by atoms with Crippen LogP contribution < -0.4 is 10.6 Å². The Morgan fingerprint density at radius 2 is 2.00 bits per heavy atom. The molecule has 1 aliphatic heterocycles. The predicted octanol–water partition coefficient (Wildman–Crippen LogP) is 2.92. The average molecular weight is 274 g/mol. The van der Waals surface area contributed by atoms with Crippen molar-refractivity contribution in [1.82, 2.24) is 10.6 Å². The van der Waals surface area contributed by atoms with Crippen molar-refractivity contribution >= 4 is 5.91 Å². The largest absolute Gasteiger partial charge is 0.352 e. The third-order valence-electron chi connectivity index (χ3n) is 4.53. The maximum Gasteiger partial charge on any atom is 0.251 e. The summed E-state index contributed by atoms with van der Waals surface area (Å²) in [5, 5.41) is 6.38.